The van der Waals surface area contributed by atoms with Crippen LogP contribution in [0.3, 0.4) is 0 Å². The van der Waals surface area contributed by atoms with Gasteiger partial charge in [-0.3, -0.25) is 13.9 Å². The van der Waals surface area contributed by atoms with Gasteiger partial charge in [0.25, 0.3) is 5.91 Å². The number of benzene rings is 2. The van der Waals surface area contributed by atoms with E-state index in [2.05, 4.69) is 44.9 Å². The zero-order chi connectivity index (χ0) is 27.1. The number of imidazole rings is 1. The maximum absolute atomic E-state index is 12.6. The molecule has 39 heavy (non-hydrogen) atoms. The molecule has 0 bridgehead atoms. The molecule has 2 N–H and O–H groups in total. The van der Waals surface area contributed by atoms with Crippen LogP contribution in [0.1, 0.15) is 28.9 Å². The number of nitrogens with one attached hydrogen (secondary N) is 2. The second-order valence-electron chi connectivity index (χ2n) is 10.00. The lowest BCUT2D eigenvalue weighted by Gasteiger charge is -2.14. The Kier molecular flexibility index (Phi) is 6.44. The average Bonchev–Trinajstić information content (AvgIpc) is 3.48. The maximum Gasteiger partial charge on any atom is 0.253 e. The number of hydrogen-bond donors (Lipinski definition) is 2. The van der Waals surface area contributed by atoms with Crippen molar-refractivity contribution in [2.75, 3.05) is 24.3 Å². The largest absolute Gasteiger partial charge is 0.378 e. The molecule has 0 saturated heterocycles. The molecule has 3 heterocycles. The van der Waals surface area contributed by atoms with E-state index in [-0.39, 0.29) is 11.9 Å². The average molecular weight is 541 g/mol. The SMILES string of the molecule is CN(C)c1ccc(-c2cn3c(-c4ccc(C(=O)NC5CC5)c(Cl)c4)cnc3c(NCc3ccnn3C)n2)cc1. The number of amides is 1. The highest BCUT2D eigenvalue weighted by atomic mass is 35.5. The molecular formula is C29H29ClN8O. The van der Waals surface area contributed by atoms with Crippen molar-refractivity contribution in [3.05, 3.63) is 83.4 Å². The van der Waals surface area contributed by atoms with Crippen molar-refractivity contribution in [1.82, 2.24) is 29.5 Å². The van der Waals surface area contributed by atoms with E-state index in [4.69, 9.17) is 21.6 Å². The van der Waals surface area contributed by atoms with Crippen LogP contribution in [0.15, 0.2) is 67.1 Å². The van der Waals surface area contributed by atoms with Crippen LogP contribution in [-0.4, -0.2) is 50.2 Å². The Balaban J connectivity index is 1.41. The first kappa shape index (κ1) is 24.9. The van der Waals surface area contributed by atoms with Crippen LogP contribution < -0.4 is 15.5 Å². The third-order valence-electron chi connectivity index (χ3n) is 6.95. The number of carbonyl (C=O) groups excluding carboxylic acids is 1. The van der Waals surface area contributed by atoms with Gasteiger partial charge in [-0.2, -0.15) is 5.10 Å². The Bertz CT molecular complexity index is 1670. The lowest BCUT2D eigenvalue weighted by Crippen LogP contribution is -2.25. The number of hydrogen-bond acceptors (Lipinski definition) is 6. The molecule has 1 aliphatic rings. The van der Waals surface area contributed by atoms with Gasteiger partial charge in [0.2, 0.25) is 0 Å². The minimum absolute atomic E-state index is 0.137. The summed E-state index contributed by atoms with van der Waals surface area (Å²) in [7, 11) is 5.95. The van der Waals surface area contributed by atoms with Crippen molar-refractivity contribution in [1.29, 1.82) is 0 Å². The summed E-state index contributed by atoms with van der Waals surface area (Å²) in [5.41, 5.74) is 6.77. The number of fused-ring (bicyclic) bond motifs is 1. The van der Waals surface area contributed by atoms with Gasteiger partial charge in [-0.25, -0.2) is 9.97 Å². The lowest BCUT2D eigenvalue weighted by molar-refractivity contribution is 0.0951. The third-order valence-corrected chi connectivity index (χ3v) is 7.27. The van der Waals surface area contributed by atoms with Crippen molar-refractivity contribution < 1.29 is 4.79 Å². The Hall–Kier alpha value is -4.37. The van der Waals surface area contributed by atoms with E-state index in [0.29, 0.717) is 28.6 Å². The molecule has 1 amide bonds. The summed E-state index contributed by atoms with van der Waals surface area (Å²) < 4.78 is 3.84. The van der Waals surface area contributed by atoms with Gasteiger partial charge < -0.3 is 15.5 Å². The molecule has 0 aliphatic heterocycles. The second kappa shape index (κ2) is 10.1. The van der Waals surface area contributed by atoms with Crippen LogP contribution in [0.2, 0.25) is 5.02 Å². The number of rotatable bonds is 8. The van der Waals surface area contributed by atoms with E-state index in [1.807, 2.05) is 54.6 Å². The molecule has 3 aromatic heterocycles. The zero-order valence-corrected chi connectivity index (χ0v) is 22.8. The Labute approximate surface area is 231 Å². The molecule has 9 nitrogen and oxygen atoms in total. The summed E-state index contributed by atoms with van der Waals surface area (Å²) in [6.07, 6.45) is 7.61. The topological polar surface area (TPSA) is 92.4 Å². The van der Waals surface area contributed by atoms with Crippen molar-refractivity contribution in [3.63, 3.8) is 0 Å². The van der Waals surface area contributed by atoms with Crippen molar-refractivity contribution >= 4 is 34.7 Å². The van der Waals surface area contributed by atoms with Crippen molar-refractivity contribution in [2.45, 2.75) is 25.4 Å². The Morgan fingerprint density at radius 2 is 1.87 bits per heavy atom. The second-order valence-corrected chi connectivity index (χ2v) is 10.4. The van der Waals surface area contributed by atoms with Crippen molar-refractivity contribution in [2.24, 2.45) is 7.05 Å². The van der Waals surface area contributed by atoms with Gasteiger partial charge >= 0.3 is 0 Å². The fourth-order valence-electron chi connectivity index (χ4n) is 4.49. The molecule has 198 valence electrons. The molecule has 0 spiro atoms. The van der Waals surface area contributed by atoms with E-state index in [1.54, 1.807) is 18.5 Å². The first-order chi connectivity index (χ1) is 18.9. The van der Waals surface area contributed by atoms with Crippen molar-refractivity contribution in [3.8, 4) is 22.5 Å². The number of aromatic nitrogens is 5. The molecule has 0 unspecified atom stereocenters. The molecule has 10 heteroatoms. The Morgan fingerprint density at radius 1 is 1.10 bits per heavy atom. The highest BCUT2D eigenvalue weighted by Crippen LogP contribution is 2.31. The van der Waals surface area contributed by atoms with Crippen LogP contribution in [-0.2, 0) is 13.6 Å². The van der Waals surface area contributed by atoms with Crippen LogP contribution >= 0.6 is 11.6 Å². The first-order valence-corrected chi connectivity index (χ1v) is 13.2. The van der Waals surface area contributed by atoms with E-state index in [9.17, 15) is 4.79 Å². The highest BCUT2D eigenvalue weighted by Gasteiger charge is 2.25. The predicted molar refractivity (Wildman–Crippen MR) is 154 cm³/mol. The third kappa shape index (κ3) is 5.05. The maximum atomic E-state index is 12.6. The number of nitrogens with zero attached hydrogens (tertiary/aromatic N) is 6. The summed E-state index contributed by atoms with van der Waals surface area (Å²) in [5, 5.41) is 11.1. The molecule has 6 rings (SSSR count). The van der Waals surface area contributed by atoms with E-state index >= 15 is 0 Å². The monoisotopic (exact) mass is 540 g/mol. The summed E-state index contributed by atoms with van der Waals surface area (Å²) in [6, 6.07) is 16.0. The highest BCUT2D eigenvalue weighted by molar-refractivity contribution is 6.34. The number of carbonyl (C=O) groups is 1. The standard InChI is InChI=1S/C29H29ClN8O/c1-36(2)21-9-4-18(5-10-21)25-17-38-26(19-6-11-23(24(30)14-19)29(39)34-20-7-8-20)16-32-28(38)27(35-25)31-15-22-12-13-33-37(22)3/h4-6,9-14,16-17,20H,7-8,15H2,1-3H3,(H,31,35)(H,34,39). The molecule has 1 fully saturated rings. The number of anilines is 2. The van der Waals surface area contributed by atoms with Gasteiger partial charge in [-0.1, -0.05) is 29.8 Å². The normalized spacial score (nSPS) is 13.0. The van der Waals surface area contributed by atoms with Gasteiger partial charge in [0, 0.05) is 56.4 Å². The van der Waals surface area contributed by atoms with Gasteiger partial charge in [0.1, 0.15) is 0 Å². The molecule has 0 radical (unpaired) electrons. The quantitative estimate of drug-likeness (QED) is 0.287. The van der Waals surface area contributed by atoms with E-state index in [0.717, 1.165) is 46.7 Å². The van der Waals surface area contributed by atoms with Crippen LogP contribution in [0.25, 0.3) is 28.2 Å². The van der Waals surface area contributed by atoms with E-state index in [1.165, 1.54) is 0 Å². The number of halogens is 1. The smallest absolute Gasteiger partial charge is 0.253 e. The fourth-order valence-corrected chi connectivity index (χ4v) is 4.75. The van der Waals surface area contributed by atoms with Gasteiger partial charge in [-0.15, -0.1) is 0 Å². The van der Waals surface area contributed by atoms with Gasteiger partial charge in [0.15, 0.2) is 11.5 Å². The van der Waals surface area contributed by atoms with E-state index < -0.39 is 0 Å². The molecule has 5 aromatic rings. The zero-order valence-electron chi connectivity index (χ0n) is 22.0. The summed E-state index contributed by atoms with van der Waals surface area (Å²) in [6.45, 7) is 0.543. The number of aryl methyl sites for hydroxylation is 1. The summed E-state index contributed by atoms with van der Waals surface area (Å²) in [5.74, 6) is 0.518. The predicted octanol–water partition coefficient (Wildman–Crippen LogP) is 5.02. The minimum Gasteiger partial charge on any atom is -0.378 e. The summed E-state index contributed by atoms with van der Waals surface area (Å²) in [4.78, 5) is 24.3. The minimum atomic E-state index is -0.137. The summed E-state index contributed by atoms with van der Waals surface area (Å²) >= 11 is 6.59. The first-order valence-electron chi connectivity index (χ1n) is 12.8. The molecule has 2 aromatic carbocycles. The lowest BCUT2D eigenvalue weighted by atomic mass is 10.1. The van der Waals surface area contributed by atoms with Gasteiger partial charge in [-0.05, 0) is 43.2 Å². The van der Waals surface area contributed by atoms with Gasteiger partial charge in [0.05, 0.1) is 40.4 Å². The molecule has 0 atom stereocenters. The van der Waals surface area contributed by atoms with Crippen LogP contribution in [0, 0.1) is 0 Å². The molecule has 1 saturated carbocycles. The Morgan fingerprint density at radius 3 is 2.54 bits per heavy atom. The molecular weight excluding hydrogens is 512 g/mol. The molecule has 1 aliphatic carbocycles. The fraction of sp³-hybridized carbons (Fsp3) is 0.241. The van der Waals surface area contributed by atoms with Crippen LogP contribution in [0.4, 0.5) is 11.5 Å². The van der Waals surface area contributed by atoms with Crippen LogP contribution in [0.5, 0.6) is 0 Å².